The smallest absolute Gasteiger partial charge is 0.0741 e. The van der Waals surface area contributed by atoms with Gasteiger partial charge in [-0.15, -0.1) is 11.3 Å². The lowest BCUT2D eigenvalue weighted by Gasteiger charge is -2.17. The van der Waals surface area contributed by atoms with Gasteiger partial charge in [-0.1, -0.05) is 6.92 Å². The highest BCUT2D eigenvalue weighted by Crippen LogP contribution is 2.20. The van der Waals surface area contributed by atoms with E-state index in [0.29, 0.717) is 6.04 Å². The van der Waals surface area contributed by atoms with Crippen LogP contribution in [0, 0.1) is 0 Å². The van der Waals surface area contributed by atoms with Crippen LogP contribution in [-0.4, -0.2) is 23.8 Å². The number of thiophene rings is 1. The van der Waals surface area contributed by atoms with Crippen molar-refractivity contribution in [3.8, 4) is 0 Å². The van der Waals surface area contributed by atoms with Crippen LogP contribution < -0.4 is 5.32 Å². The van der Waals surface area contributed by atoms with Crippen LogP contribution in [0.25, 0.3) is 0 Å². The summed E-state index contributed by atoms with van der Waals surface area (Å²) in [6.45, 7) is 3.23. The topological polar surface area (TPSA) is 32.3 Å². The third-order valence-corrected chi connectivity index (χ3v) is 4.29. The first-order chi connectivity index (χ1) is 7.29. The Morgan fingerprint density at radius 1 is 1.53 bits per heavy atom. The molecule has 0 bridgehead atoms. The minimum absolute atomic E-state index is 0.212. The van der Waals surface area contributed by atoms with Crippen molar-refractivity contribution in [3.63, 3.8) is 0 Å². The SMILES string of the molecule is CCc1ccc(CC(O)C2CCCN2)s1. The van der Waals surface area contributed by atoms with Gasteiger partial charge in [-0.05, 0) is 37.9 Å². The number of nitrogens with one attached hydrogen (secondary N) is 1. The second-order valence-corrected chi connectivity index (χ2v) is 5.45. The zero-order chi connectivity index (χ0) is 10.7. The Balaban J connectivity index is 1.89. The molecular formula is C12H19NOS. The molecule has 1 aliphatic rings. The Morgan fingerprint density at radius 2 is 2.33 bits per heavy atom. The average molecular weight is 225 g/mol. The molecule has 1 aromatic heterocycles. The van der Waals surface area contributed by atoms with Crippen molar-refractivity contribution in [2.75, 3.05) is 6.54 Å². The van der Waals surface area contributed by atoms with Gasteiger partial charge in [0.2, 0.25) is 0 Å². The van der Waals surface area contributed by atoms with Gasteiger partial charge in [-0.3, -0.25) is 0 Å². The summed E-state index contributed by atoms with van der Waals surface area (Å²) < 4.78 is 0. The van der Waals surface area contributed by atoms with E-state index in [2.05, 4.69) is 24.4 Å². The van der Waals surface area contributed by atoms with Crippen LogP contribution in [0.3, 0.4) is 0 Å². The van der Waals surface area contributed by atoms with Gasteiger partial charge in [-0.2, -0.15) is 0 Å². The second-order valence-electron chi connectivity index (χ2n) is 4.20. The fraction of sp³-hybridized carbons (Fsp3) is 0.667. The Labute approximate surface area is 95.3 Å². The predicted octanol–water partition coefficient (Wildman–Crippen LogP) is 1.97. The summed E-state index contributed by atoms with van der Waals surface area (Å²) in [5.74, 6) is 0. The van der Waals surface area contributed by atoms with Gasteiger partial charge in [0, 0.05) is 22.2 Å². The van der Waals surface area contributed by atoms with E-state index in [1.54, 1.807) is 0 Å². The number of hydrogen-bond donors (Lipinski definition) is 2. The van der Waals surface area contributed by atoms with E-state index >= 15 is 0 Å². The van der Waals surface area contributed by atoms with Crippen molar-refractivity contribution in [3.05, 3.63) is 21.9 Å². The Bertz CT molecular complexity index is 304. The molecule has 0 aromatic carbocycles. The van der Waals surface area contributed by atoms with E-state index in [1.165, 1.54) is 16.2 Å². The number of hydrogen-bond acceptors (Lipinski definition) is 3. The van der Waals surface area contributed by atoms with E-state index in [0.717, 1.165) is 25.8 Å². The summed E-state index contributed by atoms with van der Waals surface area (Å²) in [5, 5.41) is 13.4. The molecule has 2 nitrogen and oxygen atoms in total. The van der Waals surface area contributed by atoms with Gasteiger partial charge < -0.3 is 10.4 Å². The van der Waals surface area contributed by atoms with Gasteiger partial charge in [0.1, 0.15) is 0 Å². The molecule has 15 heavy (non-hydrogen) atoms. The maximum Gasteiger partial charge on any atom is 0.0741 e. The summed E-state index contributed by atoms with van der Waals surface area (Å²) in [4.78, 5) is 2.73. The second kappa shape index (κ2) is 5.10. The molecule has 0 radical (unpaired) electrons. The molecule has 2 atom stereocenters. The number of rotatable bonds is 4. The van der Waals surface area contributed by atoms with Gasteiger partial charge in [-0.25, -0.2) is 0 Å². The van der Waals surface area contributed by atoms with Gasteiger partial charge >= 0.3 is 0 Å². The van der Waals surface area contributed by atoms with Crippen LogP contribution in [-0.2, 0) is 12.8 Å². The van der Waals surface area contributed by atoms with Crippen LogP contribution in [0.15, 0.2) is 12.1 Å². The predicted molar refractivity (Wildman–Crippen MR) is 64.4 cm³/mol. The molecule has 2 rings (SSSR count). The Hall–Kier alpha value is -0.380. The maximum absolute atomic E-state index is 10.0. The van der Waals surface area contributed by atoms with E-state index in [4.69, 9.17) is 0 Å². The standard InChI is InChI=1S/C12H19NOS/c1-2-9-5-6-10(15-9)8-12(14)11-4-3-7-13-11/h5-6,11-14H,2-4,7-8H2,1H3. The monoisotopic (exact) mass is 225 g/mol. The molecule has 1 aliphatic heterocycles. The molecule has 1 aromatic rings. The average Bonchev–Trinajstić information content (AvgIpc) is 2.87. The highest BCUT2D eigenvalue weighted by molar-refractivity contribution is 7.11. The Morgan fingerprint density at radius 3 is 2.93 bits per heavy atom. The van der Waals surface area contributed by atoms with Crippen LogP contribution in [0.2, 0.25) is 0 Å². The molecule has 1 saturated heterocycles. The molecule has 0 aliphatic carbocycles. The number of aliphatic hydroxyl groups excluding tert-OH is 1. The highest BCUT2D eigenvalue weighted by atomic mass is 32.1. The first-order valence-corrected chi connectivity index (χ1v) is 6.60. The van der Waals surface area contributed by atoms with Crippen molar-refractivity contribution < 1.29 is 5.11 Å². The molecule has 1 fully saturated rings. The van der Waals surface area contributed by atoms with Crippen molar-refractivity contribution in [2.24, 2.45) is 0 Å². The molecule has 0 spiro atoms. The van der Waals surface area contributed by atoms with Crippen molar-refractivity contribution in [1.29, 1.82) is 0 Å². The minimum Gasteiger partial charge on any atom is -0.391 e. The Kier molecular flexibility index (Phi) is 3.78. The van der Waals surface area contributed by atoms with Gasteiger partial charge in [0.25, 0.3) is 0 Å². The summed E-state index contributed by atoms with van der Waals surface area (Å²) in [5.41, 5.74) is 0. The van der Waals surface area contributed by atoms with E-state index in [9.17, 15) is 5.11 Å². The molecule has 3 heteroatoms. The first-order valence-electron chi connectivity index (χ1n) is 5.78. The first kappa shape index (κ1) is 11.1. The van der Waals surface area contributed by atoms with Crippen LogP contribution in [0.4, 0.5) is 0 Å². The molecule has 0 saturated carbocycles. The molecule has 84 valence electrons. The molecule has 0 amide bonds. The largest absolute Gasteiger partial charge is 0.391 e. The summed E-state index contributed by atoms with van der Waals surface area (Å²) in [6, 6.07) is 4.65. The van der Waals surface area contributed by atoms with Crippen molar-refractivity contribution >= 4 is 11.3 Å². The number of aryl methyl sites for hydroxylation is 1. The summed E-state index contributed by atoms with van der Waals surface area (Å²) in [7, 11) is 0. The maximum atomic E-state index is 10.0. The highest BCUT2D eigenvalue weighted by Gasteiger charge is 2.22. The zero-order valence-corrected chi connectivity index (χ0v) is 10.0. The lowest BCUT2D eigenvalue weighted by molar-refractivity contribution is 0.137. The van der Waals surface area contributed by atoms with Gasteiger partial charge in [0.05, 0.1) is 6.10 Å². The van der Waals surface area contributed by atoms with Gasteiger partial charge in [0.15, 0.2) is 0 Å². The molecule has 2 unspecified atom stereocenters. The van der Waals surface area contributed by atoms with Crippen LogP contribution >= 0.6 is 11.3 Å². The summed E-state index contributed by atoms with van der Waals surface area (Å²) >= 11 is 1.83. The van der Waals surface area contributed by atoms with E-state index in [-0.39, 0.29) is 6.10 Å². The summed E-state index contributed by atoms with van der Waals surface area (Å²) in [6.07, 6.45) is 4.01. The van der Waals surface area contributed by atoms with Crippen LogP contribution in [0.1, 0.15) is 29.5 Å². The molecular weight excluding hydrogens is 206 g/mol. The minimum atomic E-state index is -0.212. The lowest BCUT2D eigenvalue weighted by Crippen LogP contribution is -2.35. The van der Waals surface area contributed by atoms with Crippen molar-refractivity contribution in [1.82, 2.24) is 5.32 Å². The molecule has 2 N–H and O–H groups in total. The van der Waals surface area contributed by atoms with Crippen LogP contribution in [0.5, 0.6) is 0 Å². The quantitative estimate of drug-likeness (QED) is 0.821. The van der Waals surface area contributed by atoms with E-state index < -0.39 is 0 Å². The zero-order valence-electron chi connectivity index (χ0n) is 9.20. The van der Waals surface area contributed by atoms with Crippen molar-refractivity contribution in [2.45, 2.75) is 44.8 Å². The normalized spacial score (nSPS) is 23.2. The number of aliphatic hydroxyl groups is 1. The lowest BCUT2D eigenvalue weighted by atomic mass is 10.1. The third-order valence-electron chi connectivity index (χ3n) is 3.04. The molecule has 2 heterocycles. The fourth-order valence-electron chi connectivity index (χ4n) is 2.11. The van der Waals surface area contributed by atoms with E-state index in [1.807, 2.05) is 11.3 Å². The third kappa shape index (κ3) is 2.80. The fourth-order valence-corrected chi connectivity index (χ4v) is 3.12.